The van der Waals surface area contributed by atoms with Gasteiger partial charge in [-0.2, -0.15) is 0 Å². The van der Waals surface area contributed by atoms with Gasteiger partial charge in [-0.05, 0) is 0 Å². The first-order valence-electron chi connectivity index (χ1n) is 3.58. The van der Waals surface area contributed by atoms with Crippen molar-refractivity contribution >= 4 is 20.0 Å². The van der Waals surface area contributed by atoms with E-state index in [4.69, 9.17) is 4.52 Å². The maximum absolute atomic E-state index is 10.7. The molecule has 1 aromatic heterocycles. The molecular weight excluding hydrogens is 205 g/mol. The number of aromatic nitrogens is 1. The predicted molar refractivity (Wildman–Crippen MR) is 41.3 cm³/mol. The second-order valence-electron chi connectivity index (χ2n) is 2.38. The molecule has 1 heterocycles. The van der Waals surface area contributed by atoms with Gasteiger partial charge in [0.15, 0.2) is 0 Å². The van der Waals surface area contributed by atoms with E-state index in [0.717, 1.165) is 22.9 Å². The molecule has 0 saturated heterocycles. The average Bonchev–Trinajstić information content (AvgIpc) is 2.33. The Morgan fingerprint density at radius 3 is 2.91 bits per heavy atom. The van der Waals surface area contributed by atoms with Crippen molar-refractivity contribution in [1.82, 2.24) is 5.16 Å². The fourth-order valence-electron chi connectivity index (χ4n) is 0.931. The molecule has 0 unspecified atom stereocenters. The summed E-state index contributed by atoms with van der Waals surface area (Å²) in [6.45, 7) is 3.87. The number of nitrogens with zero attached hydrogens (tertiary/aromatic N) is 1. The van der Waals surface area contributed by atoms with Crippen LogP contribution in [0.1, 0.15) is 24.8 Å². The van der Waals surface area contributed by atoms with E-state index < -0.39 is 15.7 Å². The van der Waals surface area contributed by atoms with E-state index in [1.807, 2.05) is 0 Å². The third-order valence-electron chi connectivity index (χ3n) is 1.48. The van der Waals surface area contributed by atoms with Crippen LogP contribution in [0, 0.1) is 6.92 Å². The van der Waals surface area contributed by atoms with Crippen LogP contribution in [0.4, 0.5) is 0 Å². The third-order valence-corrected chi connectivity index (χ3v) is 3.06. The summed E-state index contributed by atoms with van der Waals surface area (Å²) in [6.07, 6.45) is 1.88. The molecule has 1 rings (SSSR count). The van der Waals surface area contributed by atoms with E-state index in [1.165, 1.54) is 0 Å². The molecule has 0 amide bonds. The van der Waals surface area contributed by atoms with Crippen LogP contribution in [-0.2, 0) is 10.2 Å². The van der Waals surface area contributed by atoms with E-state index in [9.17, 15) is 3.74 Å². The maximum atomic E-state index is 10.7. The van der Waals surface area contributed by atoms with Crippen molar-refractivity contribution in [3.63, 3.8) is 0 Å². The Labute approximate surface area is 72.1 Å². The van der Waals surface area contributed by atoms with Crippen LogP contribution in [-0.4, -0.2) is 20.8 Å². The molecule has 4 heteroatoms. The van der Waals surface area contributed by atoms with Crippen molar-refractivity contribution < 1.29 is 8.26 Å². The predicted octanol–water partition coefficient (Wildman–Crippen LogP) is 0.611. The topological polar surface area (TPSA) is 43.1 Å². The fourth-order valence-corrected chi connectivity index (χ4v) is 1.83. The molecule has 0 aliphatic rings. The fraction of sp³-hybridized carbons (Fsp3) is 0.571. The third kappa shape index (κ3) is 1.78. The van der Waals surface area contributed by atoms with E-state index >= 15 is 0 Å². The van der Waals surface area contributed by atoms with Gasteiger partial charge in [-0.3, -0.25) is 0 Å². The monoisotopic (exact) mass is 215 g/mol. The van der Waals surface area contributed by atoms with Gasteiger partial charge >= 0.3 is 71.6 Å². The van der Waals surface area contributed by atoms with Gasteiger partial charge in [-0.1, -0.05) is 0 Å². The summed E-state index contributed by atoms with van der Waals surface area (Å²) >= 11 is -0.983. The van der Waals surface area contributed by atoms with Crippen LogP contribution in [0.2, 0.25) is 0 Å². The van der Waals surface area contributed by atoms with Gasteiger partial charge in [0.2, 0.25) is 0 Å². The van der Waals surface area contributed by atoms with Crippen LogP contribution in [0.3, 0.4) is 0 Å². The zero-order valence-electron chi connectivity index (χ0n) is 6.63. The van der Waals surface area contributed by atoms with Crippen molar-refractivity contribution in [2.75, 3.05) is 0 Å². The number of hydrogen-bond donors (Lipinski definition) is 0. The molecule has 11 heavy (non-hydrogen) atoms. The summed E-state index contributed by atoms with van der Waals surface area (Å²) in [6, 6.07) is 0. The van der Waals surface area contributed by atoms with E-state index in [0.29, 0.717) is 5.76 Å². The molecule has 0 aliphatic carbocycles. The molecule has 0 atom stereocenters. The Morgan fingerprint density at radius 2 is 2.36 bits per heavy atom. The van der Waals surface area contributed by atoms with Crippen molar-refractivity contribution in [3.8, 4) is 0 Å². The summed E-state index contributed by atoms with van der Waals surface area (Å²) in [5.74, 6) is 0.712. The summed E-state index contributed by atoms with van der Waals surface area (Å²) < 4.78 is 16.5. The molecular formula is C7H10AsNO2. The van der Waals surface area contributed by atoms with Gasteiger partial charge in [-0.25, -0.2) is 0 Å². The number of hydrogen-bond acceptors (Lipinski definition) is 3. The zero-order valence-corrected chi connectivity index (χ0v) is 8.50. The van der Waals surface area contributed by atoms with Gasteiger partial charge in [-0.15, -0.1) is 0 Å². The molecule has 3 nitrogen and oxygen atoms in total. The molecule has 0 N–H and O–H groups in total. The Kier molecular flexibility index (Phi) is 3.01. The van der Waals surface area contributed by atoms with Crippen LogP contribution in [0.25, 0.3) is 0 Å². The van der Waals surface area contributed by atoms with E-state index in [-0.39, 0.29) is 0 Å². The zero-order chi connectivity index (χ0) is 8.27. The van der Waals surface area contributed by atoms with Crippen molar-refractivity contribution in [2.24, 2.45) is 0 Å². The first-order valence-corrected chi connectivity index (χ1v) is 5.28. The summed E-state index contributed by atoms with van der Waals surface area (Å²) in [5.41, 5.74) is 0.875. The van der Waals surface area contributed by atoms with Crippen molar-refractivity contribution in [1.29, 1.82) is 0 Å². The van der Waals surface area contributed by atoms with E-state index in [1.54, 1.807) is 6.92 Å². The molecule has 1 aromatic rings. The molecule has 0 spiro atoms. The normalized spacial score (nSPS) is 10.7. The Morgan fingerprint density at radius 1 is 1.64 bits per heavy atom. The molecule has 0 saturated carbocycles. The summed E-state index contributed by atoms with van der Waals surface area (Å²) in [7, 11) is 0. The van der Waals surface area contributed by atoms with Crippen LogP contribution < -0.4 is 4.35 Å². The standard InChI is InChI=1S/C7H10AsNO2/c1-3-4-6-7(8-10)5(2)11-9-6/h3-4H2,1-2H3. The Bertz CT molecular complexity index is 257. The Balaban J connectivity index is 2.95. The molecule has 0 bridgehead atoms. The van der Waals surface area contributed by atoms with E-state index in [2.05, 4.69) is 12.1 Å². The van der Waals surface area contributed by atoms with Crippen LogP contribution in [0.5, 0.6) is 0 Å². The first-order chi connectivity index (χ1) is 5.29. The second kappa shape index (κ2) is 3.82. The van der Waals surface area contributed by atoms with Gasteiger partial charge in [0.05, 0.1) is 0 Å². The first kappa shape index (κ1) is 8.66. The van der Waals surface area contributed by atoms with Gasteiger partial charge < -0.3 is 0 Å². The number of aryl methyl sites for hydroxylation is 2. The molecule has 0 radical (unpaired) electrons. The molecule has 0 aliphatic heterocycles. The van der Waals surface area contributed by atoms with Gasteiger partial charge in [0, 0.05) is 0 Å². The summed E-state index contributed by atoms with van der Waals surface area (Å²) in [5, 5.41) is 3.82. The van der Waals surface area contributed by atoms with Crippen LogP contribution in [0.15, 0.2) is 4.52 Å². The Hall–Kier alpha value is -0.432. The summed E-state index contributed by atoms with van der Waals surface area (Å²) in [4.78, 5) is 0. The van der Waals surface area contributed by atoms with Crippen LogP contribution >= 0.6 is 0 Å². The average molecular weight is 215 g/mol. The van der Waals surface area contributed by atoms with Crippen molar-refractivity contribution in [2.45, 2.75) is 26.7 Å². The minimum absolute atomic E-state index is 0.712. The van der Waals surface area contributed by atoms with Gasteiger partial charge in [0.1, 0.15) is 0 Å². The SMILES string of the molecule is CCCc1noc(C)c1[As]=O. The molecule has 0 fully saturated rings. The quantitative estimate of drug-likeness (QED) is 0.694. The van der Waals surface area contributed by atoms with Gasteiger partial charge in [0.25, 0.3) is 0 Å². The second-order valence-corrected chi connectivity index (χ2v) is 3.70. The molecule has 0 aromatic carbocycles. The number of rotatable bonds is 3. The minimum atomic E-state index is -0.983. The van der Waals surface area contributed by atoms with Crippen molar-refractivity contribution in [3.05, 3.63) is 11.5 Å². The molecule has 60 valence electrons.